The van der Waals surface area contributed by atoms with Crippen molar-refractivity contribution in [2.24, 2.45) is 0 Å². The van der Waals surface area contributed by atoms with Gasteiger partial charge in [0.25, 0.3) is 0 Å². The van der Waals surface area contributed by atoms with Gasteiger partial charge in [-0.3, -0.25) is 14.4 Å². The summed E-state index contributed by atoms with van der Waals surface area (Å²) in [6.07, 6.45) is 7.81. The van der Waals surface area contributed by atoms with Crippen LogP contribution in [0.15, 0.2) is 24.3 Å². The van der Waals surface area contributed by atoms with E-state index in [4.69, 9.17) is 15.9 Å². The maximum Gasteiger partial charge on any atom is 0.408 e. The highest BCUT2D eigenvalue weighted by molar-refractivity contribution is 7.98. The summed E-state index contributed by atoms with van der Waals surface area (Å²) in [5.74, 6) is 1.85. The third-order valence-corrected chi connectivity index (χ3v) is 5.90. The van der Waals surface area contributed by atoms with E-state index < -0.39 is 41.6 Å². The molecule has 0 aliphatic rings. The van der Waals surface area contributed by atoms with Gasteiger partial charge in [-0.1, -0.05) is 31.0 Å². The van der Waals surface area contributed by atoms with E-state index in [0.29, 0.717) is 29.7 Å². The molecule has 2 N–H and O–H groups in total. The molecule has 0 aromatic heterocycles. The minimum Gasteiger partial charge on any atom is -0.466 e. The zero-order chi connectivity index (χ0) is 28.7. The largest absolute Gasteiger partial charge is 0.466 e. The second kappa shape index (κ2) is 16.6. The number of carbonyl (C=O) groups excluding carboxylic acids is 4. The molecule has 1 aromatic carbocycles. The molecule has 0 bridgehead atoms. The molecule has 210 valence electrons. The van der Waals surface area contributed by atoms with Crippen LogP contribution in [0.25, 0.3) is 0 Å². The van der Waals surface area contributed by atoms with Gasteiger partial charge in [-0.05, 0) is 64.2 Å². The third kappa shape index (κ3) is 11.1. The standard InChI is InChI=1S/C28H41N3O6S/c1-8-18-31(26(34)22(16-19-38-7)30-27(35)37-28(4,5)6)24(21-14-12-11-13-20(21)9-2)25(33)29-17-15-23(32)36-10-3/h2,11-14,22,24H,8,10,15-19H2,1,3-7H3,(H,29,33)(H,30,35). The van der Waals surface area contributed by atoms with E-state index >= 15 is 0 Å². The summed E-state index contributed by atoms with van der Waals surface area (Å²) >= 11 is 1.54. The van der Waals surface area contributed by atoms with E-state index in [0.717, 1.165) is 0 Å². The molecule has 0 saturated carbocycles. The molecule has 2 atom stereocenters. The molecule has 1 aromatic rings. The summed E-state index contributed by atoms with van der Waals surface area (Å²) in [6.45, 7) is 9.32. The predicted molar refractivity (Wildman–Crippen MR) is 150 cm³/mol. The van der Waals surface area contributed by atoms with Crippen molar-refractivity contribution in [3.05, 3.63) is 35.4 Å². The Labute approximate surface area is 230 Å². The molecule has 0 heterocycles. The monoisotopic (exact) mass is 547 g/mol. The van der Waals surface area contributed by atoms with Crippen molar-refractivity contribution in [2.75, 3.05) is 31.7 Å². The van der Waals surface area contributed by atoms with Crippen LogP contribution in [0.2, 0.25) is 0 Å². The molecule has 3 amide bonds. The van der Waals surface area contributed by atoms with Crippen LogP contribution in [0, 0.1) is 12.3 Å². The van der Waals surface area contributed by atoms with E-state index in [2.05, 4.69) is 16.6 Å². The lowest BCUT2D eigenvalue weighted by Gasteiger charge is -2.34. The molecule has 0 fully saturated rings. The summed E-state index contributed by atoms with van der Waals surface area (Å²) < 4.78 is 10.3. The number of rotatable bonds is 14. The maximum absolute atomic E-state index is 14.0. The van der Waals surface area contributed by atoms with E-state index in [9.17, 15) is 19.2 Å². The molecule has 2 unspecified atom stereocenters. The number of thioether (sulfide) groups is 1. The lowest BCUT2D eigenvalue weighted by molar-refractivity contribution is -0.144. The average molecular weight is 548 g/mol. The number of benzene rings is 1. The summed E-state index contributed by atoms with van der Waals surface area (Å²) in [4.78, 5) is 53.4. The van der Waals surface area contributed by atoms with Gasteiger partial charge in [0.15, 0.2) is 0 Å². The number of hydrogen-bond acceptors (Lipinski definition) is 7. The Morgan fingerprint density at radius 1 is 1.16 bits per heavy atom. The Morgan fingerprint density at radius 2 is 1.84 bits per heavy atom. The number of carbonyl (C=O) groups is 4. The van der Waals surface area contributed by atoms with Gasteiger partial charge in [0.2, 0.25) is 11.8 Å². The predicted octanol–water partition coefficient (Wildman–Crippen LogP) is 3.66. The van der Waals surface area contributed by atoms with E-state index in [1.165, 1.54) is 16.7 Å². The molecule has 0 aliphatic carbocycles. The minimum atomic E-state index is -1.07. The van der Waals surface area contributed by atoms with Crippen LogP contribution >= 0.6 is 11.8 Å². The lowest BCUT2D eigenvalue weighted by atomic mass is 9.97. The minimum absolute atomic E-state index is 0.0125. The van der Waals surface area contributed by atoms with Gasteiger partial charge in [-0.2, -0.15) is 11.8 Å². The molecule has 38 heavy (non-hydrogen) atoms. The highest BCUT2D eigenvalue weighted by atomic mass is 32.2. The second-order valence-electron chi connectivity index (χ2n) is 9.49. The van der Waals surface area contributed by atoms with Crippen molar-refractivity contribution < 1.29 is 28.7 Å². The first-order chi connectivity index (χ1) is 18.0. The van der Waals surface area contributed by atoms with Crippen LogP contribution in [-0.4, -0.2) is 72.1 Å². The van der Waals surface area contributed by atoms with Crippen LogP contribution in [0.1, 0.15) is 71.0 Å². The first-order valence-electron chi connectivity index (χ1n) is 12.8. The number of nitrogens with one attached hydrogen (secondary N) is 2. The molecular formula is C28H41N3O6S. The lowest BCUT2D eigenvalue weighted by Crippen LogP contribution is -2.53. The number of nitrogens with zero attached hydrogens (tertiary/aromatic N) is 1. The zero-order valence-electron chi connectivity index (χ0n) is 23.3. The maximum atomic E-state index is 14.0. The summed E-state index contributed by atoms with van der Waals surface area (Å²) in [7, 11) is 0. The number of alkyl carbamates (subject to hydrolysis) is 1. The van der Waals surface area contributed by atoms with Crippen molar-refractivity contribution >= 4 is 35.6 Å². The van der Waals surface area contributed by atoms with Gasteiger partial charge >= 0.3 is 12.1 Å². The summed E-state index contributed by atoms with van der Waals surface area (Å²) in [5.41, 5.74) is 0.201. The van der Waals surface area contributed by atoms with Crippen LogP contribution in [0.3, 0.4) is 0 Å². The van der Waals surface area contributed by atoms with Crippen LogP contribution < -0.4 is 10.6 Å². The van der Waals surface area contributed by atoms with E-state index in [1.54, 1.807) is 52.0 Å². The Kier molecular flexibility index (Phi) is 14.4. The SMILES string of the molecule is C#Cc1ccccc1C(C(=O)NCCC(=O)OCC)N(CCC)C(=O)C(CCSC)NC(=O)OC(C)(C)C. The Bertz CT molecular complexity index is 986. The fourth-order valence-corrected chi connectivity index (χ4v) is 4.16. The smallest absolute Gasteiger partial charge is 0.408 e. The Hall–Kier alpha value is -3.19. The zero-order valence-corrected chi connectivity index (χ0v) is 24.1. The van der Waals surface area contributed by atoms with Gasteiger partial charge in [-0.15, -0.1) is 6.42 Å². The highest BCUT2D eigenvalue weighted by Gasteiger charge is 2.36. The molecule has 0 radical (unpaired) electrons. The van der Waals surface area contributed by atoms with E-state index in [-0.39, 0.29) is 26.1 Å². The Morgan fingerprint density at radius 3 is 2.42 bits per heavy atom. The van der Waals surface area contributed by atoms with Crippen LogP contribution in [0.4, 0.5) is 4.79 Å². The quantitative estimate of drug-likeness (QED) is 0.270. The van der Waals surface area contributed by atoms with Gasteiger partial charge in [-0.25, -0.2) is 4.79 Å². The molecular weight excluding hydrogens is 506 g/mol. The molecule has 10 heteroatoms. The van der Waals surface area contributed by atoms with E-state index in [1.807, 2.05) is 13.2 Å². The van der Waals surface area contributed by atoms with Crippen molar-refractivity contribution in [1.29, 1.82) is 0 Å². The normalized spacial score (nSPS) is 12.4. The van der Waals surface area contributed by atoms with Crippen molar-refractivity contribution in [2.45, 2.75) is 71.6 Å². The average Bonchev–Trinajstić information content (AvgIpc) is 2.85. The topological polar surface area (TPSA) is 114 Å². The number of esters is 1. The molecule has 1 rings (SSSR count). The number of ether oxygens (including phenoxy) is 2. The summed E-state index contributed by atoms with van der Waals surface area (Å²) in [6, 6.07) is 4.91. The van der Waals surface area contributed by atoms with Crippen LogP contribution in [-0.2, 0) is 23.9 Å². The highest BCUT2D eigenvalue weighted by Crippen LogP contribution is 2.26. The molecule has 9 nitrogen and oxygen atoms in total. The Balaban J connectivity index is 3.41. The fraction of sp³-hybridized carbons (Fsp3) is 0.571. The third-order valence-electron chi connectivity index (χ3n) is 5.25. The molecule has 0 aliphatic heterocycles. The van der Waals surface area contributed by atoms with Crippen molar-refractivity contribution in [3.8, 4) is 12.3 Å². The van der Waals surface area contributed by atoms with Crippen molar-refractivity contribution in [1.82, 2.24) is 15.5 Å². The van der Waals surface area contributed by atoms with Gasteiger partial charge in [0.05, 0.1) is 13.0 Å². The second-order valence-corrected chi connectivity index (χ2v) is 10.5. The van der Waals surface area contributed by atoms with Crippen LogP contribution in [0.5, 0.6) is 0 Å². The van der Waals surface area contributed by atoms with Crippen molar-refractivity contribution in [3.63, 3.8) is 0 Å². The summed E-state index contributed by atoms with van der Waals surface area (Å²) in [5, 5.41) is 5.45. The number of amides is 3. The van der Waals surface area contributed by atoms with Gasteiger partial charge in [0, 0.05) is 18.7 Å². The molecule has 0 saturated heterocycles. The van der Waals surface area contributed by atoms with Gasteiger partial charge in [0.1, 0.15) is 17.7 Å². The fourth-order valence-electron chi connectivity index (χ4n) is 3.69. The number of terminal acetylenes is 1. The first-order valence-corrected chi connectivity index (χ1v) is 14.2. The number of hydrogen-bond donors (Lipinski definition) is 2. The molecule has 0 spiro atoms. The first kappa shape index (κ1) is 32.8. The van der Waals surface area contributed by atoms with Gasteiger partial charge < -0.3 is 25.0 Å².